The first-order chi connectivity index (χ1) is 9.38. The summed E-state index contributed by atoms with van der Waals surface area (Å²) in [4.78, 5) is 6.88. The van der Waals surface area contributed by atoms with E-state index in [1.807, 2.05) is 6.07 Å². The van der Waals surface area contributed by atoms with Gasteiger partial charge in [-0.2, -0.15) is 13.2 Å². The number of hydrogen-bond acceptors (Lipinski definition) is 4. The molecule has 2 N–H and O–H groups in total. The van der Waals surface area contributed by atoms with Gasteiger partial charge in [0.1, 0.15) is 11.6 Å². The third-order valence-electron chi connectivity index (χ3n) is 2.33. The molecule has 4 nitrogen and oxygen atoms in total. The zero-order valence-electron chi connectivity index (χ0n) is 10.3. The number of halogens is 4. The molecule has 0 atom stereocenters. The van der Waals surface area contributed by atoms with Crippen LogP contribution >= 0.6 is 22.6 Å². The van der Waals surface area contributed by atoms with E-state index in [9.17, 15) is 13.2 Å². The number of aromatic nitrogens is 2. The van der Waals surface area contributed by atoms with Gasteiger partial charge in [-0.05, 0) is 40.8 Å². The topological polar surface area (TPSA) is 49.8 Å². The third-order valence-corrected chi connectivity index (χ3v) is 3.00. The number of anilines is 3. The molecule has 0 aliphatic rings. The molecule has 1 aromatic carbocycles. The molecule has 0 radical (unpaired) electrons. The highest BCUT2D eigenvalue weighted by molar-refractivity contribution is 14.1. The van der Waals surface area contributed by atoms with E-state index in [1.54, 1.807) is 18.2 Å². The minimum absolute atomic E-state index is 0.0821. The van der Waals surface area contributed by atoms with Gasteiger partial charge in [0.05, 0.1) is 0 Å². The van der Waals surface area contributed by atoms with Crippen molar-refractivity contribution in [2.75, 3.05) is 17.7 Å². The van der Waals surface area contributed by atoms with Gasteiger partial charge in [-0.25, -0.2) is 9.97 Å². The van der Waals surface area contributed by atoms with Gasteiger partial charge in [0.15, 0.2) is 0 Å². The van der Waals surface area contributed by atoms with Crippen LogP contribution in [0.15, 0.2) is 30.3 Å². The Balaban J connectivity index is 2.36. The van der Waals surface area contributed by atoms with Crippen molar-refractivity contribution in [1.29, 1.82) is 0 Å². The van der Waals surface area contributed by atoms with Crippen LogP contribution in [0.3, 0.4) is 0 Å². The quantitative estimate of drug-likeness (QED) is 0.776. The van der Waals surface area contributed by atoms with Crippen LogP contribution in [0.2, 0.25) is 0 Å². The summed E-state index contributed by atoms with van der Waals surface area (Å²) in [6, 6.07) is 8.64. The van der Waals surface area contributed by atoms with Crippen molar-refractivity contribution in [2.24, 2.45) is 0 Å². The second kappa shape index (κ2) is 5.81. The molecule has 0 bridgehead atoms. The number of nitrogens with one attached hydrogen (secondary N) is 2. The molecule has 0 saturated carbocycles. The average Bonchev–Trinajstić information content (AvgIpc) is 2.37. The zero-order valence-corrected chi connectivity index (χ0v) is 12.5. The van der Waals surface area contributed by atoms with Crippen LogP contribution in [0.5, 0.6) is 0 Å². The molecule has 2 aromatic rings. The highest BCUT2D eigenvalue weighted by atomic mass is 127. The van der Waals surface area contributed by atoms with E-state index in [0.717, 1.165) is 3.57 Å². The Hall–Kier alpha value is -1.58. The van der Waals surface area contributed by atoms with E-state index in [2.05, 4.69) is 43.2 Å². The maximum absolute atomic E-state index is 12.7. The van der Waals surface area contributed by atoms with Crippen LogP contribution in [0.4, 0.5) is 30.5 Å². The summed E-state index contributed by atoms with van der Waals surface area (Å²) in [5.41, 5.74) is 0.658. The minimum atomic E-state index is -4.59. The highest BCUT2D eigenvalue weighted by Crippen LogP contribution is 2.29. The molecule has 8 heteroatoms. The molecule has 0 saturated heterocycles. The lowest BCUT2D eigenvalue weighted by molar-refractivity contribution is -0.144. The minimum Gasteiger partial charge on any atom is -0.373 e. The van der Waals surface area contributed by atoms with Gasteiger partial charge >= 0.3 is 6.18 Å². The largest absolute Gasteiger partial charge is 0.451 e. The summed E-state index contributed by atoms with van der Waals surface area (Å²) in [7, 11) is 1.50. The van der Waals surface area contributed by atoms with Crippen LogP contribution in [0.1, 0.15) is 5.82 Å². The van der Waals surface area contributed by atoms with Gasteiger partial charge in [0, 0.05) is 22.4 Å². The third kappa shape index (κ3) is 3.71. The van der Waals surface area contributed by atoms with E-state index in [-0.39, 0.29) is 11.6 Å². The second-order valence-corrected chi connectivity index (χ2v) is 5.09. The molecule has 106 valence electrons. The maximum atomic E-state index is 12.7. The summed E-state index contributed by atoms with van der Waals surface area (Å²) in [6.45, 7) is 0. The Morgan fingerprint density at radius 3 is 2.40 bits per heavy atom. The van der Waals surface area contributed by atoms with Crippen LogP contribution in [0, 0.1) is 3.57 Å². The fourth-order valence-electron chi connectivity index (χ4n) is 1.48. The van der Waals surface area contributed by atoms with Gasteiger partial charge in [-0.1, -0.05) is 6.07 Å². The van der Waals surface area contributed by atoms with E-state index < -0.39 is 12.0 Å². The average molecular weight is 394 g/mol. The van der Waals surface area contributed by atoms with Crippen molar-refractivity contribution in [3.8, 4) is 0 Å². The number of rotatable bonds is 3. The lowest BCUT2D eigenvalue weighted by Crippen LogP contribution is -2.13. The van der Waals surface area contributed by atoms with Crippen molar-refractivity contribution >= 4 is 39.9 Å². The molecular formula is C12H10F3IN4. The van der Waals surface area contributed by atoms with Gasteiger partial charge < -0.3 is 10.6 Å². The van der Waals surface area contributed by atoms with Gasteiger partial charge in [0.25, 0.3) is 0 Å². The smallest absolute Gasteiger partial charge is 0.373 e. The summed E-state index contributed by atoms with van der Waals surface area (Å²) >= 11 is 2.12. The van der Waals surface area contributed by atoms with Crippen LogP contribution in [-0.2, 0) is 6.18 Å². The van der Waals surface area contributed by atoms with Crippen molar-refractivity contribution in [3.05, 3.63) is 39.7 Å². The van der Waals surface area contributed by atoms with E-state index >= 15 is 0 Å². The van der Waals surface area contributed by atoms with Gasteiger partial charge in [-0.15, -0.1) is 0 Å². The molecule has 2 rings (SSSR count). The lowest BCUT2D eigenvalue weighted by atomic mass is 10.3. The van der Waals surface area contributed by atoms with Crippen molar-refractivity contribution in [2.45, 2.75) is 6.18 Å². The molecule has 0 aliphatic carbocycles. The van der Waals surface area contributed by atoms with E-state index in [0.29, 0.717) is 5.69 Å². The molecule has 0 amide bonds. The standard InChI is InChI=1S/C12H10F3IN4/c1-17-9-6-10(20-11(19-9)12(13,14)15)18-8-4-2-3-7(16)5-8/h2-6H,1H3,(H2,17,18,19,20). The predicted octanol–water partition coefficient (Wildman–Crippen LogP) is 3.89. The monoisotopic (exact) mass is 394 g/mol. The highest BCUT2D eigenvalue weighted by Gasteiger charge is 2.35. The fraction of sp³-hybridized carbons (Fsp3) is 0.167. The second-order valence-electron chi connectivity index (χ2n) is 3.85. The molecule has 1 heterocycles. The van der Waals surface area contributed by atoms with Crippen LogP contribution in [-0.4, -0.2) is 17.0 Å². The summed E-state index contributed by atoms with van der Waals surface area (Å²) < 4.78 is 39.1. The first-order valence-corrected chi connectivity index (χ1v) is 6.63. The molecular weight excluding hydrogens is 384 g/mol. The van der Waals surface area contributed by atoms with Crippen LogP contribution < -0.4 is 10.6 Å². The normalized spacial score (nSPS) is 11.2. The summed E-state index contributed by atoms with van der Waals surface area (Å²) in [5.74, 6) is -1.00. The fourth-order valence-corrected chi connectivity index (χ4v) is 2.02. The van der Waals surface area contributed by atoms with Gasteiger partial charge in [0.2, 0.25) is 5.82 Å². The van der Waals surface area contributed by atoms with Crippen molar-refractivity contribution in [3.63, 3.8) is 0 Å². The Morgan fingerprint density at radius 2 is 1.80 bits per heavy atom. The summed E-state index contributed by atoms with van der Waals surface area (Å²) in [6.07, 6.45) is -4.59. The molecule has 0 aliphatic heterocycles. The SMILES string of the molecule is CNc1cc(Nc2cccc(I)c2)nc(C(F)(F)F)n1. The maximum Gasteiger partial charge on any atom is 0.451 e. The van der Waals surface area contributed by atoms with E-state index in [4.69, 9.17) is 0 Å². The number of hydrogen-bond donors (Lipinski definition) is 2. The lowest BCUT2D eigenvalue weighted by Gasteiger charge is -2.11. The first kappa shape index (κ1) is 14.8. The van der Waals surface area contributed by atoms with Crippen molar-refractivity contribution in [1.82, 2.24) is 9.97 Å². The first-order valence-electron chi connectivity index (χ1n) is 5.55. The molecule has 0 fully saturated rings. The van der Waals surface area contributed by atoms with E-state index in [1.165, 1.54) is 13.1 Å². The Bertz CT molecular complexity index is 616. The molecule has 0 spiro atoms. The summed E-state index contributed by atoms with van der Waals surface area (Å²) in [5, 5.41) is 5.42. The molecule has 1 aromatic heterocycles. The molecule has 0 unspecified atom stereocenters. The Kier molecular flexibility index (Phi) is 4.31. The Labute approximate surface area is 127 Å². The number of alkyl halides is 3. The van der Waals surface area contributed by atoms with Crippen molar-refractivity contribution < 1.29 is 13.2 Å². The molecule has 20 heavy (non-hydrogen) atoms. The zero-order chi connectivity index (χ0) is 14.8. The van der Waals surface area contributed by atoms with Crippen LogP contribution in [0.25, 0.3) is 0 Å². The Morgan fingerprint density at radius 1 is 1.10 bits per heavy atom. The van der Waals surface area contributed by atoms with Gasteiger partial charge in [-0.3, -0.25) is 0 Å². The number of benzene rings is 1. The number of nitrogens with zero attached hydrogens (tertiary/aromatic N) is 2. The predicted molar refractivity (Wildman–Crippen MR) is 79.0 cm³/mol.